The van der Waals surface area contributed by atoms with Crippen LogP contribution in [0.3, 0.4) is 0 Å². The van der Waals surface area contributed by atoms with Crippen LogP contribution in [-0.2, 0) is 5.41 Å². The maximum absolute atomic E-state index is 6.52. The SMILES string of the molecule is CC1(C)c2ccccc2-c2ccc(-n3c4c(c5ccccc53)-c3ccccc3Oc3ccccc3-4)cc21. The average Bonchev–Trinajstić information content (AvgIpc) is 3.33. The summed E-state index contributed by atoms with van der Waals surface area (Å²) in [5.74, 6) is 1.77. The summed E-state index contributed by atoms with van der Waals surface area (Å²) in [6.07, 6.45) is 0. The summed E-state index contributed by atoms with van der Waals surface area (Å²) in [6, 6.07) is 41.4. The molecule has 1 aliphatic heterocycles. The standard InChI is InChI=1S/C35H25NO/c1-35(2)28-15-7-3-11-23(28)24-20-19-22(21-29(24)35)36-30-16-8-4-12-25(30)33-26-13-5-9-17-31(26)37-32-18-10-6-14-27(32)34(33)36/h3-21H,1-2H3. The van der Waals surface area contributed by atoms with Gasteiger partial charge < -0.3 is 9.30 Å². The molecule has 0 bridgehead atoms. The maximum atomic E-state index is 6.52. The predicted octanol–water partition coefficient (Wildman–Crippen LogP) is 9.38. The molecular formula is C35H25NO. The number of para-hydroxylation sites is 3. The molecule has 0 amide bonds. The van der Waals surface area contributed by atoms with Gasteiger partial charge in [-0.1, -0.05) is 92.7 Å². The highest BCUT2D eigenvalue weighted by molar-refractivity contribution is 6.08. The van der Waals surface area contributed by atoms with Gasteiger partial charge in [-0.3, -0.25) is 0 Å². The van der Waals surface area contributed by atoms with E-state index in [0.717, 1.165) is 22.6 Å². The van der Waals surface area contributed by atoms with Gasteiger partial charge in [0.05, 0.1) is 11.2 Å². The zero-order valence-corrected chi connectivity index (χ0v) is 20.8. The fraction of sp³-hybridized carbons (Fsp3) is 0.0857. The normalized spacial score (nSPS) is 14.1. The Balaban J connectivity index is 1.49. The molecule has 0 spiro atoms. The van der Waals surface area contributed by atoms with E-state index in [0.29, 0.717) is 0 Å². The van der Waals surface area contributed by atoms with Gasteiger partial charge in [-0.25, -0.2) is 0 Å². The first-order chi connectivity index (χ1) is 18.1. The Bertz CT molecular complexity index is 1890. The second-order valence-corrected chi connectivity index (χ2v) is 10.6. The fourth-order valence-electron chi connectivity index (χ4n) is 6.50. The highest BCUT2D eigenvalue weighted by atomic mass is 16.5. The summed E-state index contributed by atoms with van der Waals surface area (Å²) in [5, 5.41) is 1.23. The van der Waals surface area contributed by atoms with Gasteiger partial charge in [-0.15, -0.1) is 0 Å². The zero-order valence-electron chi connectivity index (χ0n) is 20.8. The lowest BCUT2D eigenvalue weighted by molar-refractivity contribution is 0.487. The van der Waals surface area contributed by atoms with E-state index >= 15 is 0 Å². The molecule has 0 radical (unpaired) electrons. The van der Waals surface area contributed by atoms with Gasteiger partial charge >= 0.3 is 0 Å². The van der Waals surface area contributed by atoms with E-state index in [1.165, 1.54) is 50.1 Å². The first kappa shape index (κ1) is 20.6. The van der Waals surface area contributed by atoms with Crippen LogP contribution in [0.1, 0.15) is 25.0 Å². The van der Waals surface area contributed by atoms with E-state index in [4.69, 9.17) is 4.74 Å². The van der Waals surface area contributed by atoms with Gasteiger partial charge in [-0.2, -0.15) is 0 Å². The second kappa shape index (κ2) is 7.24. The molecule has 8 rings (SSSR count). The lowest BCUT2D eigenvalue weighted by Crippen LogP contribution is -2.15. The lowest BCUT2D eigenvalue weighted by Gasteiger charge is -2.22. The van der Waals surface area contributed by atoms with Crippen molar-refractivity contribution >= 4 is 10.9 Å². The summed E-state index contributed by atoms with van der Waals surface area (Å²) in [5.41, 5.74) is 12.4. The van der Waals surface area contributed by atoms with Crippen molar-refractivity contribution in [2.24, 2.45) is 0 Å². The van der Waals surface area contributed by atoms with Gasteiger partial charge in [0.2, 0.25) is 0 Å². The molecule has 2 heteroatoms. The monoisotopic (exact) mass is 475 g/mol. The molecule has 0 saturated heterocycles. The molecule has 176 valence electrons. The highest BCUT2D eigenvalue weighted by Gasteiger charge is 2.36. The third kappa shape index (κ3) is 2.70. The van der Waals surface area contributed by atoms with E-state index < -0.39 is 0 Å². The third-order valence-electron chi connectivity index (χ3n) is 8.22. The Morgan fingerprint density at radius 3 is 2.03 bits per heavy atom. The minimum Gasteiger partial charge on any atom is -0.456 e. The zero-order chi connectivity index (χ0) is 24.7. The maximum Gasteiger partial charge on any atom is 0.136 e. The Kier molecular flexibility index (Phi) is 4.03. The van der Waals surface area contributed by atoms with E-state index in [1.54, 1.807) is 0 Å². The van der Waals surface area contributed by atoms with Gasteiger partial charge in [0.25, 0.3) is 0 Å². The fourth-order valence-corrected chi connectivity index (χ4v) is 6.50. The van der Waals surface area contributed by atoms with Crippen molar-refractivity contribution in [2.45, 2.75) is 19.3 Å². The molecule has 5 aromatic carbocycles. The molecule has 0 unspecified atom stereocenters. The molecule has 2 nitrogen and oxygen atoms in total. The number of fused-ring (bicyclic) bond motifs is 10. The van der Waals surface area contributed by atoms with Crippen molar-refractivity contribution in [3.63, 3.8) is 0 Å². The predicted molar refractivity (Wildman–Crippen MR) is 152 cm³/mol. The first-order valence-electron chi connectivity index (χ1n) is 12.9. The molecule has 37 heavy (non-hydrogen) atoms. The van der Waals surface area contributed by atoms with Gasteiger partial charge in [0.1, 0.15) is 11.5 Å². The molecule has 2 aliphatic rings. The van der Waals surface area contributed by atoms with E-state index in [1.807, 2.05) is 6.07 Å². The number of hydrogen-bond acceptors (Lipinski definition) is 1. The topological polar surface area (TPSA) is 14.2 Å². The van der Waals surface area contributed by atoms with Crippen molar-refractivity contribution < 1.29 is 4.74 Å². The van der Waals surface area contributed by atoms with E-state index in [-0.39, 0.29) is 5.41 Å². The lowest BCUT2D eigenvalue weighted by atomic mass is 9.82. The van der Waals surface area contributed by atoms with Crippen molar-refractivity contribution in [2.75, 3.05) is 0 Å². The number of aromatic nitrogens is 1. The molecule has 1 aliphatic carbocycles. The summed E-state index contributed by atoms with van der Waals surface area (Å²) in [7, 11) is 0. The smallest absolute Gasteiger partial charge is 0.136 e. The average molecular weight is 476 g/mol. The number of ether oxygens (including phenoxy) is 1. The van der Waals surface area contributed by atoms with Crippen LogP contribution in [0, 0.1) is 0 Å². The van der Waals surface area contributed by atoms with Crippen LogP contribution >= 0.6 is 0 Å². The summed E-state index contributed by atoms with van der Waals surface area (Å²) in [6.45, 7) is 4.68. The number of nitrogens with zero attached hydrogens (tertiary/aromatic N) is 1. The Labute approximate surface area is 216 Å². The summed E-state index contributed by atoms with van der Waals surface area (Å²) in [4.78, 5) is 0. The van der Waals surface area contributed by atoms with Crippen molar-refractivity contribution in [1.29, 1.82) is 0 Å². The van der Waals surface area contributed by atoms with Gasteiger partial charge in [0.15, 0.2) is 0 Å². The number of hydrogen-bond donors (Lipinski definition) is 0. The van der Waals surface area contributed by atoms with Crippen LogP contribution in [0.15, 0.2) is 115 Å². The largest absolute Gasteiger partial charge is 0.456 e. The van der Waals surface area contributed by atoms with Crippen molar-refractivity contribution in [1.82, 2.24) is 4.57 Å². The van der Waals surface area contributed by atoms with Crippen LogP contribution in [0.5, 0.6) is 11.5 Å². The molecule has 0 saturated carbocycles. The number of rotatable bonds is 1. The van der Waals surface area contributed by atoms with Crippen LogP contribution in [0.2, 0.25) is 0 Å². The van der Waals surface area contributed by atoms with Gasteiger partial charge in [-0.05, 0) is 58.7 Å². The van der Waals surface area contributed by atoms with E-state index in [9.17, 15) is 0 Å². The molecule has 6 aromatic rings. The van der Waals surface area contributed by atoms with E-state index in [2.05, 4.69) is 128 Å². The van der Waals surface area contributed by atoms with Gasteiger partial charge in [0, 0.05) is 33.2 Å². The van der Waals surface area contributed by atoms with Crippen molar-refractivity contribution in [3.05, 3.63) is 126 Å². The number of benzene rings is 5. The minimum absolute atomic E-state index is 0.0601. The highest BCUT2D eigenvalue weighted by Crippen LogP contribution is 2.53. The molecule has 1 aromatic heterocycles. The quantitative estimate of drug-likeness (QED) is 0.231. The summed E-state index contributed by atoms with van der Waals surface area (Å²) < 4.78 is 8.96. The Morgan fingerprint density at radius 1 is 0.568 bits per heavy atom. The minimum atomic E-state index is -0.0601. The Morgan fingerprint density at radius 2 is 1.19 bits per heavy atom. The summed E-state index contributed by atoms with van der Waals surface area (Å²) >= 11 is 0. The first-order valence-corrected chi connectivity index (χ1v) is 12.9. The van der Waals surface area contributed by atoms with Crippen LogP contribution in [0.4, 0.5) is 0 Å². The second-order valence-electron chi connectivity index (χ2n) is 10.6. The van der Waals surface area contributed by atoms with Crippen LogP contribution in [0.25, 0.3) is 50.1 Å². The Hall–Kier alpha value is -4.56. The van der Waals surface area contributed by atoms with Crippen LogP contribution in [-0.4, -0.2) is 4.57 Å². The molecular weight excluding hydrogens is 450 g/mol. The molecule has 0 N–H and O–H groups in total. The molecule has 2 heterocycles. The molecule has 0 fully saturated rings. The molecule has 0 atom stereocenters. The van der Waals surface area contributed by atoms with Crippen molar-refractivity contribution in [3.8, 4) is 50.7 Å². The third-order valence-corrected chi connectivity index (χ3v) is 8.22. The van der Waals surface area contributed by atoms with Crippen LogP contribution < -0.4 is 4.74 Å².